The summed E-state index contributed by atoms with van der Waals surface area (Å²) in [7, 11) is 0. The zero-order chi connectivity index (χ0) is 15.2. The normalized spacial score (nSPS) is 10.9. The minimum Gasteiger partial charge on any atom is -0.486 e. The summed E-state index contributed by atoms with van der Waals surface area (Å²) < 4.78 is 12.2. The summed E-state index contributed by atoms with van der Waals surface area (Å²) in [6, 6.07) is 5.95. The Morgan fingerprint density at radius 3 is 2.62 bits per heavy atom. The van der Waals surface area contributed by atoms with Crippen molar-refractivity contribution >= 4 is 15.9 Å². The lowest BCUT2D eigenvalue weighted by Gasteiger charge is -2.08. The molecule has 0 amide bonds. The monoisotopic (exact) mass is 352 g/mol. The van der Waals surface area contributed by atoms with Crippen LogP contribution in [-0.2, 0) is 13.2 Å². The Bertz CT molecular complexity index is 573. The van der Waals surface area contributed by atoms with Gasteiger partial charge in [0.15, 0.2) is 5.76 Å². The first-order valence-electron chi connectivity index (χ1n) is 7.15. The average molecular weight is 353 g/mol. The first kappa shape index (κ1) is 16.0. The number of aryl methyl sites for hydroxylation is 2. The molecule has 5 heteroatoms. The highest BCUT2D eigenvalue weighted by atomic mass is 79.9. The van der Waals surface area contributed by atoms with Gasteiger partial charge < -0.3 is 14.6 Å². The van der Waals surface area contributed by atoms with Crippen LogP contribution in [-0.4, -0.2) is 11.7 Å². The van der Waals surface area contributed by atoms with Crippen LogP contribution in [0.5, 0.6) is 5.75 Å². The van der Waals surface area contributed by atoms with Crippen molar-refractivity contribution in [2.45, 2.75) is 40.3 Å². The summed E-state index contributed by atoms with van der Waals surface area (Å²) in [5, 5.41) is 7.32. The van der Waals surface area contributed by atoms with E-state index in [4.69, 9.17) is 9.26 Å². The van der Waals surface area contributed by atoms with E-state index in [1.807, 2.05) is 18.2 Å². The van der Waals surface area contributed by atoms with Crippen LogP contribution in [0.1, 0.15) is 35.9 Å². The summed E-state index contributed by atoms with van der Waals surface area (Å²) in [6.07, 6.45) is 1.11. The van der Waals surface area contributed by atoms with Gasteiger partial charge in [0.25, 0.3) is 0 Å². The van der Waals surface area contributed by atoms with Crippen LogP contribution in [0.4, 0.5) is 0 Å². The molecule has 0 bridgehead atoms. The Kier molecular flexibility index (Phi) is 5.82. The number of aromatic nitrogens is 1. The predicted octanol–water partition coefficient (Wildman–Crippen LogP) is 4.13. The SMILES string of the molecule is CCCNCc1cc(COc2cc(C)c(Br)c(C)c2)on1. The van der Waals surface area contributed by atoms with Crippen molar-refractivity contribution in [3.63, 3.8) is 0 Å². The number of hydrogen-bond acceptors (Lipinski definition) is 4. The van der Waals surface area contributed by atoms with Gasteiger partial charge in [0.1, 0.15) is 12.4 Å². The maximum absolute atomic E-state index is 5.77. The quantitative estimate of drug-likeness (QED) is 0.761. The van der Waals surface area contributed by atoms with Gasteiger partial charge in [-0.15, -0.1) is 0 Å². The van der Waals surface area contributed by atoms with E-state index in [1.165, 1.54) is 0 Å². The Balaban J connectivity index is 1.91. The molecule has 0 atom stereocenters. The third kappa shape index (κ3) is 4.58. The van der Waals surface area contributed by atoms with E-state index in [1.54, 1.807) is 0 Å². The molecule has 2 rings (SSSR count). The number of hydrogen-bond donors (Lipinski definition) is 1. The first-order valence-corrected chi connectivity index (χ1v) is 7.94. The van der Waals surface area contributed by atoms with Gasteiger partial charge in [0.2, 0.25) is 0 Å². The summed E-state index contributed by atoms with van der Waals surface area (Å²) in [6.45, 7) is 8.34. The van der Waals surface area contributed by atoms with Gasteiger partial charge in [-0.05, 0) is 50.1 Å². The zero-order valence-corrected chi connectivity index (χ0v) is 14.3. The molecule has 114 valence electrons. The molecule has 0 aliphatic carbocycles. The molecule has 0 fully saturated rings. The van der Waals surface area contributed by atoms with Crippen molar-refractivity contribution in [1.29, 1.82) is 0 Å². The van der Waals surface area contributed by atoms with Crippen LogP contribution in [0, 0.1) is 13.8 Å². The lowest BCUT2D eigenvalue weighted by molar-refractivity contribution is 0.248. The lowest BCUT2D eigenvalue weighted by Crippen LogP contribution is -2.13. The summed E-state index contributed by atoms with van der Waals surface area (Å²) in [4.78, 5) is 0. The second-order valence-electron chi connectivity index (χ2n) is 5.12. The minimum absolute atomic E-state index is 0.390. The highest BCUT2D eigenvalue weighted by molar-refractivity contribution is 9.10. The molecule has 0 saturated heterocycles. The maximum atomic E-state index is 5.77. The van der Waals surface area contributed by atoms with Gasteiger partial charge in [0.05, 0.1) is 5.69 Å². The largest absolute Gasteiger partial charge is 0.486 e. The van der Waals surface area contributed by atoms with E-state index < -0.39 is 0 Å². The van der Waals surface area contributed by atoms with E-state index in [0.717, 1.165) is 52.3 Å². The molecule has 1 N–H and O–H groups in total. The fourth-order valence-electron chi connectivity index (χ4n) is 2.04. The van der Waals surface area contributed by atoms with E-state index >= 15 is 0 Å². The van der Waals surface area contributed by atoms with Crippen LogP contribution < -0.4 is 10.1 Å². The molecule has 1 aromatic heterocycles. The van der Waals surface area contributed by atoms with Crippen molar-refractivity contribution in [2.24, 2.45) is 0 Å². The van der Waals surface area contributed by atoms with E-state index in [2.05, 4.69) is 47.2 Å². The molecular formula is C16H21BrN2O2. The number of nitrogens with one attached hydrogen (secondary N) is 1. The average Bonchev–Trinajstić information content (AvgIpc) is 2.90. The molecule has 21 heavy (non-hydrogen) atoms. The molecule has 4 nitrogen and oxygen atoms in total. The van der Waals surface area contributed by atoms with Crippen molar-refractivity contribution in [1.82, 2.24) is 10.5 Å². The van der Waals surface area contributed by atoms with Crippen LogP contribution in [0.15, 0.2) is 27.2 Å². The van der Waals surface area contributed by atoms with Gasteiger partial charge in [-0.1, -0.05) is 28.0 Å². The van der Waals surface area contributed by atoms with Crippen molar-refractivity contribution in [3.8, 4) is 5.75 Å². The third-order valence-electron chi connectivity index (χ3n) is 3.13. The minimum atomic E-state index is 0.390. The van der Waals surface area contributed by atoms with Gasteiger partial charge in [-0.25, -0.2) is 0 Å². The van der Waals surface area contributed by atoms with Crippen molar-refractivity contribution < 1.29 is 9.26 Å². The number of nitrogens with zero attached hydrogens (tertiary/aromatic N) is 1. The third-order valence-corrected chi connectivity index (χ3v) is 4.38. The maximum Gasteiger partial charge on any atom is 0.174 e. The Labute approximate surface area is 134 Å². The molecule has 0 aliphatic heterocycles. The number of rotatable bonds is 7. The van der Waals surface area contributed by atoms with Crippen LogP contribution in [0.3, 0.4) is 0 Å². The second-order valence-corrected chi connectivity index (χ2v) is 5.91. The fraction of sp³-hybridized carbons (Fsp3) is 0.438. The molecule has 2 aromatic rings. The highest BCUT2D eigenvalue weighted by Gasteiger charge is 2.07. The fourth-order valence-corrected chi connectivity index (χ4v) is 2.27. The highest BCUT2D eigenvalue weighted by Crippen LogP contribution is 2.26. The zero-order valence-electron chi connectivity index (χ0n) is 12.7. The lowest BCUT2D eigenvalue weighted by atomic mass is 10.1. The van der Waals surface area contributed by atoms with Crippen LogP contribution >= 0.6 is 15.9 Å². The second kappa shape index (κ2) is 7.61. The van der Waals surface area contributed by atoms with Crippen molar-refractivity contribution in [3.05, 3.63) is 45.3 Å². The molecule has 1 aromatic carbocycles. The smallest absolute Gasteiger partial charge is 0.174 e. The molecule has 0 saturated carbocycles. The number of ether oxygens (including phenoxy) is 1. The van der Waals surface area contributed by atoms with Crippen molar-refractivity contribution in [2.75, 3.05) is 6.54 Å². The van der Waals surface area contributed by atoms with Gasteiger partial charge in [0, 0.05) is 17.1 Å². The van der Waals surface area contributed by atoms with Gasteiger partial charge >= 0.3 is 0 Å². The Morgan fingerprint density at radius 2 is 1.95 bits per heavy atom. The molecule has 0 aliphatic rings. The van der Waals surface area contributed by atoms with Crippen LogP contribution in [0.25, 0.3) is 0 Å². The Morgan fingerprint density at radius 1 is 1.24 bits per heavy atom. The standard InChI is InChI=1S/C16H21BrN2O2/c1-4-5-18-9-13-8-15(21-19-13)10-20-14-6-11(2)16(17)12(3)7-14/h6-8,18H,4-5,9-10H2,1-3H3. The van der Waals surface area contributed by atoms with E-state index in [-0.39, 0.29) is 0 Å². The van der Waals surface area contributed by atoms with E-state index in [0.29, 0.717) is 6.61 Å². The summed E-state index contributed by atoms with van der Waals surface area (Å²) in [5.74, 6) is 1.58. The van der Waals surface area contributed by atoms with Crippen LogP contribution in [0.2, 0.25) is 0 Å². The molecule has 1 heterocycles. The topological polar surface area (TPSA) is 47.3 Å². The first-order chi connectivity index (χ1) is 10.1. The molecular weight excluding hydrogens is 332 g/mol. The number of halogens is 1. The summed E-state index contributed by atoms with van der Waals surface area (Å²) in [5.41, 5.74) is 3.23. The Hall–Kier alpha value is -1.33. The number of benzene rings is 1. The van der Waals surface area contributed by atoms with Gasteiger partial charge in [-0.3, -0.25) is 0 Å². The van der Waals surface area contributed by atoms with Gasteiger partial charge in [-0.2, -0.15) is 0 Å². The predicted molar refractivity (Wildman–Crippen MR) is 86.4 cm³/mol. The molecule has 0 radical (unpaired) electrons. The molecule has 0 unspecified atom stereocenters. The summed E-state index contributed by atoms with van der Waals surface area (Å²) >= 11 is 3.55. The molecule has 0 spiro atoms. The van der Waals surface area contributed by atoms with E-state index in [9.17, 15) is 0 Å².